The van der Waals surface area contributed by atoms with E-state index in [1.165, 1.54) is 13.2 Å². The molecule has 1 aliphatic heterocycles. The number of hydrogen-bond donors (Lipinski definition) is 3. The molecule has 0 unspecified atom stereocenters. The number of anilines is 1. The van der Waals surface area contributed by atoms with Gasteiger partial charge in [-0.15, -0.1) is 0 Å². The molecular weight excluding hydrogens is 249 g/mol. The zero-order valence-corrected chi connectivity index (χ0v) is 10.8. The summed E-state index contributed by atoms with van der Waals surface area (Å²) in [5, 5.41) is 5.99. The van der Waals surface area contributed by atoms with Gasteiger partial charge >= 0.3 is 0 Å². The lowest BCUT2D eigenvalue weighted by Gasteiger charge is -2.24. The first-order valence-corrected chi connectivity index (χ1v) is 6.26. The number of nitrogen functional groups attached to an aromatic ring is 1. The predicted octanol–water partition coefficient (Wildman–Crippen LogP) is 0.898. The standard InChI is InChI=1S/C13H18FN3O2/c1-19-12-5-9(10(14)6-11(12)15)13(18)17-8-3-2-4-16-7-8/h5-6,8,16H,2-4,7,15H2,1H3,(H,17,18)/t8-/m1/s1. The molecule has 104 valence electrons. The normalized spacial score (nSPS) is 18.9. The lowest BCUT2D eigenvalue weighted by Crippen LogP contribution is -2.45. The number of carbonyl (C=O) groups excluding carboxylic acids is 1. The minimum atomic E-state index is -0.639. The van der Waals surface area contributed by atoms with Gasteiger partial charge in [0.2, 0.25) is 0 Å². The lowest BCUT2D eigenvalue weighted by atomic mass is 10.1. The number of hydrogen-bond acceptors (Lipinski definition) is 4. The number of nitrogens with one attached hydrogen (secondary N) is 2. The molecule has 1 amide bonds. The highest BCUT2D eigenvalue weighted by atomic mass is 19.1. The Bertz CT molecular complexity index is 473. The van der Waals surface area contributed by atoms with Crippen molar-refractivity contribution in [3.05, 3.63) is 23.5 Å². The second-order valence-electron chi connectivity index (χ2n) is 4.59. The highest BCUT2D eigenvalue weighted by Gasteiger charge is 2.20. The highest BCUT2D eigenvalue weighted by molar-refractivity contribution is 5.95. The number of methoxy groups -OCH3 is 1. The number of nitrogens with two attached hydrogens (primary N) is 1. The molecule has 0 radical (unpaired) electrons. The molecule has 1 aromatic carbocycles. The number of piperidine rings is 1. The first kappa shape index (κ1) is 13.6. The quantitative estimate of drug-likeness (QED) is 0.711. The highest BCUT2D eigenvalue weighted by Crippen LogP contribution is 2.25. The Morgan fingerprint density at radius 3 is 3.00 bits per heavy atom. The van der Waals surface area contributed by atoms with Gasteiger partial charge in [0.15, 0.2) is 0 Å². The van der Waals surface area contributed by atoms with E-state index < -0.39 is 11.7 Å². The summed E-state index contributed by atoms with van der Waals surface area (Å²) >= 11 is 0. The SMILES string of the molecule is COc1cc(C(=O)N[C@@H]2CCCNC2)c(F)cc1N. The Hall–Kier alpha value is -1.82. The van der Waals surface area contributed by atoms with E-state index in [9.17, 15) is 9.18 Å². The summed E-state index contributed by atoms with van der Waals surface area (Å²) in [6.07, 6.45) is 1.89. The zero-order valence-electron chi connectivity index (χ0n) is 10.8. The molecule has 1 saturated heterocycles. The maximum absolute atomic E-state index is 13.8. The second kappa shape index (κ2) is 5.88. The van der Waals surface area contributed by atoms with Gasteiger partial charge in [0, 0.05) is 18.7 Å². The van der Waals surface area contributed by atoms with Crippen LogP contribution in [0.25, 0.3) is 0 Å². The van der Waals surface area contributed by atoms with E-state index in [-0.39, 0.29) is 17.3 Å². The third-order valence-corrected chi connectivity index (χ3v) is 3.20. The third-order valence-electron chi connectivity index (χ3n) is 3.20. The maximum Gasteiger partial charge on any atom is 0.254 e. The van der Waals surface area contributed by atoms with Gasteiger partial charge in [-0.1, -0.05) is 0 Å². The molecule has 0 spiro atoms. The fraction of sp³-hybridized carbons (Fsp3) is 0.462. The van der Waals surface area contributed by atoms with Crippen molar-refractivity contribution < 1.29 is 13.9 Å². The molecular formula is C13H18FN3O2. The summed E-state index contributed by atoms with van der Waals surface area (Å²) in [5.74, 6) is -0.780. The van der Waals surface area contributed by atoms with E-state index in [1.54, 1.807) is 0 Å². The van der Waals surface area contributed by atoms with Crippen LogP contribution in [0.1, 0.15) is 23.2 Å². The number of benzene rings is 1. The molecule has 0 saturated carbocycles. The van der Waals surface area contributed by atoms with Gasteiger partial charge in [-0.25, -0.2) is 4.39 Å². The lowest BCUT2D eigenvalue weighted by molar-refractivity contribution is 0.0926. The first-order valence-electron chi connectivity index (χ1n) is 6.26. The molecule has 1 atom stereocenters. The van der Waals surface area contributed by atoms with Crippen LogP contribution >= 0.6 is 0 Å². The Labute approximate surface area is 111 Å². The number of carbonyl (C=O) groups is 1. The number of rotatable bonds is 3. The Morgan fingerprint density at radius 1 is 1.58 bits per heavy atom. The first-order chi connectivity index (χ1) is 9.11. The van der Waals surface area contributed by atoms with Crippen LogP contribution in [0.2, 0.25) is 0 Å². The summed E-state index contributed by atoms with van der Waals surface area (Å²) < 4.78 is 18.8. The van der Waals surface area contributed by atoms with Crippen molar-refractivity contribution in [1.29, 1.82) is 0 Å². The fourth-order valence-electron chi connectivity index (χ4n) is 2.16. The zero-order chi connectivity index (χ0) is 13.8. The van der Waals surface area contributed by atoms with Crippen LogP contribution in [0.5, 0.6) is 5.75 Å². The Balaban J connectivity index is 2.13. The van der Waals surface area contributed by atoms with Crippen LogP contribution in [0.15, 0.2) is 12.1 Å². The molecule has 2 rings (SSSR count). The van der Waals surface area contributed by atoms with Crippen molar-refractivity contribution in [2.75, 3.05) is 25.9 Å². The second-order valence-corrected chi connectivity index (χ2v) is 4.59. The van der Waals surface area contributed by atoms with Crippen molar-refractivity contribution in [3.8, 4) is 5.75 Å². The number of amides is 1. The summed E-state index contributed by atoms with van der Waals surface area (Å²) in [5.41, 5.74) is 5.71. The smallest absolute Gasteiger partial charge is 0.254 e. The molecule has 0 bridgehead atoms. The molecule has 6 heteroatoms. The molecule has 1 aromatic rings. The van der Waals surface area contributed by atoms with Gasteiger partial charge in [-0.3, -0.25) is 4.79 Å². The summed E-state index contributed by atoms with van der Waals surface area (Å²) in [4.78, 5) is 12.0. The van der Waals surface area contributed by atoms with E-state index in [1.807, 2.05) is 0 Å². The van der Waals surface area contributed by atoms with Crippen LogP contribution in [-0.4, -0.2) is 32.1 Å². The van der Waals surface area contributed by atoms with Crippen molar-refractivity contribution in [3.63, 3.8) is 0 Å². The van der Waals surface area contributed by atoms with Crippen molar-refractivity contribution in [2.24, 2.45) is 0 Å². The molecule has 0 aromatic heterocycles. The van der Waals surface area contributed by atoms with E-state index in [2.05, 4.69) is 10.6 Å². The van der Waals surface area contributed by atoms with Gasteiger partial charge < -0.3 is 21.1 Å². The minimum Gasteiger partial charge on any atom is -0.495 e. The van der Waals surface area contributed by atoms with Crippen molar-refractivity contribution >= 4 is 11.6 Å². The summed E-state index contributed by atoms with van der Waals surface area (Å²) in [7, 11) is 1.43. The van der Waals surface area contributed by atoms with Gasteiger partial charge in [-0.2, -0.15) is 0 Å². The minimum absolute atomic E-state index is 0.0317. The van der Waals surface area contributed by atoms with Crippen LogP contribution in [0.3, 0.4) is 0 Å². The van der Waals surface area contributed by atoms with Gasteiger partial charge in [-0.05, 0) is 25.5 Å². The molecule has 1 heterocycles. The Morgan fingerprint density at radius 2 is 2.37 bits per heavy atom. The van der Waals surface area contributed by atoms with Gasteiger partial charge in [0.1, 0.15) is 11.6 Å². The van der Waals surface area contributed by atoms with Crippen molar-refractivity contribution in [1.82, 2.24) is 10.6 Å². The van der Waals surface area contributed by atoms with Crippen LogP contribution in [-0.2, 0) is 0 Å². The molecule has 19 heavy (non-hydrogen) atoms. The average molecular weight is 267 g/mol. The molecule has 1 fully saturated rings. The van der Waals surface area contributed by atoms with E-state index in [0.717, 1.165) is 25.5 Å². The molecule has 0 aliphatic carbocycles. The van der Waals surface area contributed by atoms with Crippen LogP contribution < -0.4 is 21.1 Å². The fourth-order valence-corrected chi connectivity index (χ4v) is 2.16. The maximum atomic E-state index is 13.8. The third kappa shape index (κ3) is 3.14. The predicted molar refractivity (Wildman–Crippen MR) is 70.7 cm³/mol. The Kier molecular flexibility index (Phi) is 4.21. The van der Waals surface area contributed by atoms with Crippen molar-refractivity contribution in [2.45, 2.75) is 18.9 Å². The molecule has 5 nitrogen and oxygen atoms in total. The summed E-state index contributed by atoms with van der Waals surface area (Å²) in [6.45, 7) is 1.66. The topological polar surface area (TPSA) is 76.4 Å². The average Bonchev–Trinajstić information content (AvgIpc) is 2.40. The van der Waals surface area contributed by atoms with E-state index in [4.69, 9.17) is 10.5 Å². The van der Waals surface area contributed by atoms with Crippen LogP contribution in [0, 0.1) is 5.82 Å². The van der Waals surface area contributed by atoms with Crippen LogP contribution in [0.4, 0.5) is 10.1 Å². The van der Waals surface area contributed by atoms with Gasteiger partial charge in [0.05, 0.1) is 18.4 Å². The van der Waals surface area contributed by atoms with Gasteiger partial charge in [0.25, 0.3) is 5.91 Å². The molecule has 1 aliphatic rings. The molecule has 4 N–H and O–H groups in total. The van der Waals surface area contributed by atoms with E-state index >= 15 is 0 Å². The van der Waals surface area contributed by atoms with E-state index in [0.29, 0.717) is 12.3 Å². The largest absolute Gasteiger partial charge is 0.495 e. The summed E-state index contributed by atoms with van der Waals surface area (Å²) in [6, 6.07) is 2.47. The monoisotopic (exact) mass is 267 g/mol. The number of ether oxygens (including phenoxy) is 1. The number of halogens is 1.